The van der Waals surface area contributed by atoms with Gasteiger partial charge >= 0.3 is 0 Å². The first kappa shape index (κ1) is 14.2. The minimum absolute atomic E-state index is 0.377. The molecule has 1 fully saturated rings. The van der Waals surface area contributed by atoms with E-state index in [1.165, 1.54) is 17.0 Å². The molecule has 1 aromatic rings. The van der Waals surface area contributed by atoms with Gasteiger partial charge < -0.3 is 10.2 Å². The summed E-state index contributed by atoms with van der Waals surface area (Å²) < 4.78 is 1.16. The number of benzene rings is 1. The van der Waals surface area contributed by atoms with Crippen molar-refractivity contribution in [3.8, 4) is 0 Å². The topological polar surface area (TPSA) is 15.3 Å². The molecule has 0 spiro atoms. The maximum atomic E-state index is 3.58. The molecule has 0 amide bonds. The quantitative estimate of drug-likeness (QED) is 0.911. The Morgan fingerprint density at radius 1 is 1.50 bits per heavy atom. The second-order valence-electron chi connectivity index (χ2n) is 4.84. The molecule has 0 radical (unpaired) electrons. The fraction of sp³-hybridized carbons (Fsp3) is 0.571. The Balaban J connectivity index is 2.30. The summed E-state index contributed by atoms with van der Waals surface area (Å²) in [5, 5.41) is 4.07. The summed E-state index contributed by atoms with van der Waals surface area (Å²) in [5.74, 6) is 1.23. The average molecular weight is 329 g/mol. The van der Waals surface area contributed by atoms with Gasteiger partial charge in [0.25, 0.3) is 0 Å². The van der Waals surface area contributed by atoms with Crippen LogP contribution in [0.2, 0.25) is 0 Å². The number of hydrogen-bond donors (Lipinski definition) is 1. The van der Waals surface area contributed by atoms with Gasteiger partial charge in [-0.25, -0.2) is 0 Å². The number of nitrogens with zero attached hydrogens (tertiary/aromatic N) is 1. The molecule has 4 heteroatoms. The Morgan fingerprint density at radius 2 is 2.28 bits per heavy atom. The van der Waals surface area contributed by atoms with E-state index in [-0.39, 0.29) is 0 Å². The van der Waals surface area contributed by atoms with Gasteiger partial charge in [0.2, 0.25) is 0 Å². The molecule has 1 N–H and O–H groups in total. The van der Waals surface area contributed by atoms with Gasteiger partial charge in [-0.2, -0.15) is 11.8 Å². The van der Waals surface area contributed by atoms with E-state index >= 15 is 0 Å². The van der Waals surface area contributed by atoms with Gasteiger partial charge in [-0.15, -0.1) is 0 Å². The van der Waals surface area contributed by atoms with E-state index in [1.807, 2.05) is 7.05 Å². The lowest BCUT2D eigenvalue weighted by Crippen LogP contribution is -2.37. The predicted molar refractivity (Wildman–Crippen MR) is 85.7 cm³/mol. The van der Waals surface area contributed by atoms with Crippen LogP contribution in [0, 0.1) is 0 Å². The molecule has 1 saturated heterocycles. The largest absolute Gasteiger partial charge is 0.369 e. The van der Waals surface area contributed by atoms with Crippen molar-refractivity contribution in [1.82, 2.24) is 5.32 Å². The maximum absolute atomic E-state index is 3.58. The molecule has 2 unspecified atom stereocenters. The van der Waals surface area contributed by atoms with Crippen LogP contribution in [0.1, 0.15) is 25.5 Å². The van der Waals surface area contributed by atoms with Crippen molar-refractivity contribution in [1.29, 1.82) is 0 Å². The Labute approximate surface area is 123 Å². The van der Waals surface area contributed by atoms with Crippen LogP contribution in [0.3, 0.4) is 0 Å². The molecule has 0 saturated carbocycles. The third-order valence-electron chi connectivity index (χ3n) is 3.47. The van der Waals surface area contributed by atoms with Crippen LogP contribution >= 0.6 is 27.7 Å². The van der Waals surface area contributed by atoms with E-state index < -0.39 is 0 Å². The average Bonchev–Trinajstić information content (AvgIpc) is 2.37. The molecular weight excluding hydrogens is 308 g/mol. The molecule has 1 aromatic carbocycles. The van der Waals surface area contributed by atoms with Gasteiger partial charge in [0.05, 0.1) is 0 Å². The zero-order chi connectivity index (χ0) is 13.1. The monoisotopic (exact) mass is 328 g/mol. The Kier molecular flexibility index (Phi) is 4.98. The lowest BCUT2D eigenvalue weighted by Gasteiger charge is -2.34. The van der Waals surface area contributed by atoms with Crippen molar-refractivity contribution in [3.05, 3.63) is 28.2 Å². The highest BCUT2D eigenvalue weighted by Crippen LogP contribution is 2.32. The summed E-state index contributed by atoms with van der Waals surface area (Å²) in [6, 6.07) is 7.01. The summed E-state index contributed by atoms with van der Waals surface area (Å²) in [5.41, 5.74) is 2.76. The van der Waals surface area contributed by atoms with Crippen LogP contribution in [-0.2, 0) is 0 Å². The fourth-order valence-electron chi connectivity index (χ4n) is 2.35. The predicted octanol–water partition coefficient (Wildman–Crippen LogP) is 3.67. The molecule has 2 nitrogen and oxygen atoms in total. The SMILES string of the molecule is CNC(C)c1cc(Br)ccc1N1CCSC(C)C1. The third-order valence-corrected chi connectivity index (χ3v) is 5.10. The van der Waals surface area contributed by atoms with Crippen molar-refractivity contribution >= 4 is 33.4 Å². The van der Waals surface area contributed by atoms with Crippen molar-refractivity contribution in [3.63, 3.8) is 0 Å². The Bertz CT molecular complexity index is 411. The molecular formula is C14H21BrN2S. The third kappa shape index (κ3) is 3.22. The van der Waals surface area contributed by atoms with Crippen molar-refractivity contribution < 1.29 is 0 Å². The number of rotatable bonds is 3. The van der Waals surface area contributed by atoms with Gasteiger partial charge in [0.15, 0.2) is 0 Å². The second kappa shape index (κ2) is 6.31. The molecule has 0 aromatic heterocycles. The molecule has 0 aliphatic carbocycles. The first-order chi connectivity index (χ1) is 8.61. The highest BCUT2D eigenvalue weighted by Gasteiger charge is 2.20. The Morgan fingerprint density at radius 3 is 2.94 bits per heavy atom. The van der Waals surface area contributed by atoms with Gasteiger partial charge in [-0.1, -0.05) is 22.9 Å². The van der Waals surface area contributed by atoms with E-state index in [0.29, 0.717) is 6.04 Å². The summed E-state index contributed by atoms with van der Waals surface area (Å²) in [7, 11) is 2.02. The number of anilines is 1. The number of thioether (sulfide) groups is 1. The smallest absolute Gasteiger partial charge is 0.0416 e. The summed E-state index contributed by atoms with van der Waals surface area (Å²) in [6.07, 6.45) is 0. The van der Waals surface area contributed by atoms with Crippen molar-refractivity contribution in [2.45, 2.75) is 25.1 Å². The minimum atomic E-state index is 0.377. The normalized spacial score (nSPS) is 22.0. The maximum Gasteiger partial charge on any atom is 0.0416 e. The van der Waals surface area contributed by atoms with Crippen LogP contribution in [0.4, 0.5) is 5.69 Å². The summed E-state index contributed by atoms with van der Waals surface area (Å²) >= 11 is 5.65. The summed E-state index contributed by atoms with van der Waals surface area (Å²) in [4.78, 5) is 2.52. The molecule has 2 atom stereocenters. The van der Waals surface area contributed by atoms with Crippen molar-refractivity contribution in [2.75, 3.05) is 30.8 Å². The molecule has 18 heavy (non-hydrogen) atoms. The zero-order valence-electron chi connectivity index (χ0n) is 11.2. The molecule has 1 aliphatic rings. The second-order valence-corrected chi connectivity index (χ2v) is 7.30. The van der Waals surface area contributed by atoms with Crippen LogP contribution < -0.4 is 10.2 Å². The first-order valence-electron chi connectivity index (χ1n) is 6.45. The fourth-order valence-corrected chi connectivity index (χ4v) is 3.75. The highest BCUT2D eigenvalue weighted by molar-refractivity contribution is 9.10. The first-order valence-corrected chi connectivity index (χ1v) is 8.29. The minimum Gasteiger partial charge on any atom is -0.369 e. The van der Waals surface area contributed by atoms with E-state index in [1.54, 1.807) is 0 Å². The molecule has 2 rings (SSSR count). The number of nitrogens with one attached hydrogen (secondary N) is 1. The standard InChI is InChI=1S/C14H21BrN2S/c1-10-9-17(6-7-18-10)14-5-4-12(15)8-13(14)11(2)16-3/h4-5,8,10-11,16H,6-7,9H2,1-3H3. The van der Waals surface area contributed by atoms with Crippen molar-refractivity contribution in [2.24, 2.45) is 0 Å². The summed E-state index contributed by atoms with van der Waals surface area (Å²) in [6.45, 7) is 6.83. The van der Waals surface area contributed by atoms with E-state index in [2.05, 4.69) is 70.0 Å². The lowest BCUT2D eigenvalue weighted by molar-refractivity contribution is 0.646. The van der Waals surface area contributed by atoms with Gasteiger partial charge in [0, 0.05) is 40.3 Å². The zero-order valence-corrected chi connectivity index (χ0v) is 13.6. The molecule has 0 bridgehead atoms. The number of hydrogen-bond acceptors (Lipinski definition) is 3. The molecule has 100 valence electrons. The van der Waals surface area contributed by atoms with Crippen LogP contribution in [0.5, 0.6) is 0 Å². The van der Waals surface area contributed by atoms with Gasteiger partial charge in [-0.3, -0.25) is 0 Å². The molecule has 1 aliphatic heterocycles. The van der Waals surface area contributed by atoms with Crippen LogP contribution in [-0.4, -0.2) is 31.1 Å². The van der Waals surface area contributed by atoms with Crippen LogP contribution in [0.25, 0.3) is 0 Å². The van der Waals surface area contributed by atoms with E-state index in [0.717, 1.165) is 22.8 Å². The highest BCUT2D eigenvalue weighted by atomic mass is 79.9. The van der Waals surface area contributed by atoms with Gasteiger partial charge in [0.1, 0.15) is 0 Å². The van der Waals surface area contributed by atoms with E-state index in [9.17, 15) is 0 Å². The molecule has 1 heterocycles. The van der Waals surface area contributed by atoms with Crippen LogP contribution in [0.15, 0.2) is 22.7 Å². The number of halogens is 1. The lowest BCUT2D eigenvalue weighted by atomic mass is 10.0. The van der Waals surface area contributed by atoms with E-state index in [4.69, 9.17) is 0 Å². The van der Waals surface area contributed by atoms with Gasteiger partial charge in [-0.05, 0) is 37.7 Å². The Hall–Kier alpha value is -0.190.